The van der Waals surface area contributed by atoms with Gasteiger partial charge in [-0.3, -0.25) is 9.59 Å². The molecular weight excluding hydrogens is 394 g/mol. The van der Waals surface area contributed by atoms with Crippen molar-refractivity contribution in [1.29, 1.82) is 0 Å². The standard InChI is InChI=1S/C17H10BrNO2S2/c18-13-8-6-11(7-9-13)10-14-16(21)19(17(22)23-14)15(20)12-4-2-1-3-5-12/h1-10H. The van der Waals surface area contributed by atoms with Crippen molar-refractivity contribution in [2.75, 3.05) is 0 Å². The fourth-order valence-corrected chi connectivity index (χ4v) is 3.58. The summed E-state index contributed by atoms with van der Waals surface area (Å²) in [5, 5.41) is 0. The minimum Gasteiger partial charge on any atom is -0.268 e. The van der Waals surface area contributed by atoms with Crippen LogP contribution in [0.15, 0.2) is 64.0 Å². The fraction of sp³-hybridized carbons (Fsp3) is 0. The topological polar surface area (TPSA) is 37.4 Å². The van der Waals surface area contributed by atoms with Crippen LogP contribution in [0.4, 0.5) is 0 Å². The van der Waals surface area contributed by atoms with Gasteiger partial charge in [-0.2, -0.15) is 0 Å². The molecule has 2 amide bonds. The van der Waals surface area contributed by atoms with E-state index in [4.69, 9.17) is 12.2 Å². The van der Waals surface area contributed by atoms with Gasteiger partial charge in [-0.25, -0.2) is 4.90 Å². The molecule has 0 N–H and O–H groups in total. The average Bonchev–Trinajstić information content (AvgIpc) is 2.84. The number of thiocarbonyl (C=S) groups is 1. The molecule has 1 fully saturated rings. The first-order chi connectivity index (χ1) is 11.1. The predicted molar refractivity (Wildman–Crippen MR) is 99.9 cm³/mol. The SMILES string of the molecule is O=C1C(=Cc2ccc(Br)cc2)SC(=S)N1C(=O)c1ccccc1. The summed E-state index contributed by atoms with van der Waals surface area (Å²) in [6.45, 7) is 0. The van der Waals surface area contributed by atoms with Crippen molar-refractivity contribution < 1.29 is 9.59 Å². The van der Waals surface area contributed by atoms with Crippen molar-refractivity contribution in [3.8, 4) is 0 Å². The molecule has 0 saturated carbocycles. The number of nitrogens with zero attached hydrogens (tertiary/aromatic N) is 1. The van der Waals surface area contributed by atoms with Crippen LogP contribution in [0.5, 0.6) is 0 Å². The average molecular weight is 404 g/mol. The Balaban J connectivity index is 1.88. The van der Waals surface area contributed by atoms with E-state index in [0.717, 1.165) is 26.7 Å². The molecule has 0 unspecified atom stereocenters. The van der Waals surface area contributed by atoms with E-state index < -0.39 is 5.91 Å². The van der Waals surface area contributed by atoms with Crippen molar-refractivity contribution in [3.63, 3.8) is 0 Å². The molecule has 0 bridgehead atoms. The molecule has 2 aromatic carbocycles. The van der Waals surface area contributed by atoms with Crippen LogP contribution in [-0.4, -0.2) is 21.0 Å². The van der Waals surface area contributed by atoms with Crippen molar-refractivity contribution in [3.05, 3.63) is 75.1 Å². The monoisotopic (exact) mass is 403 g/mol. The number of rotatable bonds is 2. The molecule has 0 aliphatic carbocycles. The van der Waals surface area contributed by atoms with E-state index in [2.05, 4.69) is 15.9 Å². The molecule has 23 heavy (non-hydrogen) atoms. The summed E-state index contributed by atoms with van der Waals surface area (Å²) in [7, 11) is 0. The molecule has 0 atom stereocenters. The Kier molecular flexibility index (Phi) is 4.75. The summed E-state index contributed by atoms with van der Waals surface area (Å²) in [5.74, 6) is -0.774. The van der Waals surface area contributed by atoms with Crippen LogP contribution in [0.1, 0.15) is 15.9 Å². The van der Waals surface area contributed by atoms with Crippen LogP contribution in [0.25, 0.3) is 6.08 Å². The summed E-state index contributed by atoms with van der Waals surface area (Å²) >= 11 is 9.71. The summed E-state index contributed by atoms with van der Waals surface area (Å²) in [5.41, 5.74) is 1.31. The van der Waals surface area contributed by atoms with E-state index in [0.29, 0.717) is 10.5 Å². The number of halogens is 1. The third-order valence-corrected chi connectivity index (χ3v) is 5.02. The Morgan fingerprint density at radius 2 is 1.74 bits per heavy atom. The third-order valence-electron chi connectivity index (χ3n) is 3.19. The van der Waals surface area contributed by atoms with E-state index in [1.165, 1.54) is 0 Å². The van der Waals surface area contributed by atoms with Crippen molar-refractivity contribution in [2.24, 2.45) is 0 Å². The van der Waals surface area contributed by atoms with Gasteiger partial charge in [0.05, 0.1) is 4.91 Å². The Hall–Kier alpha value is -1.76. The first-order valence-electron chi connectivity index (χ1n) is 6.69. The highest BCUT2D eigenvalue weighted by Crippen LogP contribution is 2.33. The summed E-state index contributed by atoms with van der Waals surface area (Å²) in [6, 6.07) is 16.2. The van der Waals surface area contributed by atoms with E-state index in [9.17, 15) is 9.59 Å². The second-order valence-corrected chi connectivity index (χ2v) is 7.33. The predicted octanol–water partition coefficient (Wildman–Crippen LogP) is 4.49. The molecule has 1 heterocycles. The van der Waals surface area contributed by atoms with Gasteiger partial charge in [0, 0.05) is 10.0 Å². The second-order valence-electron chi connectivity index (χ2n) is 4.74. The Morgan fingerprint density at radius 1 is 1.09 bits per heavy atom. The number of benzene rings is 2. The van der Waals surface area contributed by atoms with E-state index in [1.54, 1.807) is 30.3 Å². The highest BCUT2D eigenvalue weighted by atomic mass is 79.9. The van der Waals surface area contributed by atoms with Gasteiger partial charge in [0.2, 0.25) is 0 Å². The summed E-state index contributed by atoms with van der Waals surface area (Å²) in [6.07, 6.45) is 1.74. The quantitative estimate of drug-likeness (QED) is 0.420. The lowest BCUT2D eigenvalue weighted by Gasteiger charge is -2.12. The molecule has 3 nitrogen and oxygen atoms in total. The normalized spacial score (nSPS) is 16.2. The van der Waals surface area contributed by atoms with Crippen LogP contribution in [0, 0.1) is 0 Å². The number of hydrogen-bond acceptors (Lipinski definition) is 4. The molecule has 1 aliphatic heterocycles. The highest BCUT2D eigenvalue weighted by molar-refractivity contribution is 9.10. The van der Waals surface area contributed by atoms with E-state index >= 15 is 0 Å². The zero-order chi connectivity index (χ0) is 16.4. The van der Waals surface area contributed by atoms with Crippen LogP contribution in [-0.2, 0) is 4.79 Å². The molecule has 0 radical (unpaired) electrons. The van der Waals surface area contributed by atoms with Gasteiger partial charge in [0.1, 0.15) is 0 Å². The number of amides is 2. The Labute approximate surface area is 151 Å². The summed E-state index contributed by atoms with van der Waals surface area (Å²) < 4.78 is 1.22. The minimum absolute atomic E-state index is 0.257. The maximum atomic E-state index is 12.5. The number of imide groups is 1. The Bertz CT molecular complexity index is 816. The largest absolute Gasteiger partial charge is 0.273 e. The number of carbonyl (C=O) groups excluding carboxylic acids is 2. The lowest BCUT2D eigenvalue weighted by molar-refractivity contribution is -0.120. The van der Waals surface area contributed by atoms with Gasteiger partial charge < -0.3 is 0 Å². The van der Waals surface area contributed by atoms with Crippen molar-refractivity contribution in [1.82, 2.24) is 4.90 Å². The number of thioether (sulfide) groups is 1. The van der Waals surface area contributed by atoms with Crippen molar-refractivity contribution >= 4 is 62.1 Å². The number of hydrogen-bond donors (Lipinski definition) is 0. The highest BCUT2D eigenvalue weighted by Gasteiger charge is 2.37. The second kappa shape index (κ2) is 6.78. The lowest BCUT2D eigenvalue weighted by atomic mass is 10.2. The number of carbonyl (C=O) groups is 2. The third kappa shape index (κ3) is 3.44. The van der Waals surface area contributed by atoms with Gasteiger partial charge in [-0.05, 0) is 35.9 Å². The maximum Gasteiger partial charge on any atom is 0.273 e. The smallest absolute Gasteiger partial charge is 0.268 e. The van der Waals surface area contributed by atoms with Crippen LogP contribution in [0.2, 0.25) is 0 Å². The molecule has 6 heteroatoms. The van der Waals surface area contributed by atoms with Crippen molar-refractivity contribution in [2.45, 2.75) is 0 Å². The van der Waals surface area contributed by atoms with Crippen LogP contribution < -0.4 is 0 Å². The minimum atomic E-state index is -0.396. The van der Waals surface area contributed by atoms with Gasteiger partial charge >= 0.3 is 0 Å². The maximum absolute atomic E-state index is 12.5. The summed E-state index contributed by atoms with van der Waals surface area (Å²) in [4.78, 5) is 26.5. The molecular formula is C17H10BrNO2S2. The molecule has 3 rings (SSSR count). The fourth-order valence-electron chi connectivity index (χ4n) is 2.06. The van der Waals surface area contributed by atoms with Gasteiger partial charge in [0.25, 0.3) is 11.8 Å². The van der Waals surface area contributed by atoms with Crippen LogP contribution in [0.3, 0.4) is 0 Å². The van der Waals surface area contributed by atoms with E-state index in [-0.39, 0.29) is 10.2 Å². The molecule has 0 aromatic heterocycles. The molecule has 0 spiro atoms. The zero-order valence-corrected chi connectivity index (χ0v) is 15.0. The van der Waals surface area contributed by atoms with Gasteiger partial charge in [0.15, 0.2) is 4.32 Å². The molecule has 1 saturated heterocycles. The zero-order valence-electron chi connectivity index (χ0n) is 11.7. The lowest BCUT2D eigenvalue weighted by Crippen LogP contribution is -2.34. The molecule has 114 valence electrons. The van der Waals surface area contributed by atoms with Crippen LogP contribution >= 0.6 is 39.9 Å². The van der Waals surface area contributed by atoms with Gasteiger partial charge in [-0.1, -0.05) is 70.2 Å². The first kappa shape index (κ1) is 16.1. The first-order valence-corrected chi connectivity index (χ1v) is 8.71. The Morgan fingerprint density at radius 3 is 2.39 bits per heavy atom. The molecule has 2 aromatic rings. The van der Waals surface area contributed by atoms with E-state index in [1.807, 2.05) is 30.3 Å². The molecule has 1 aliphatic rings. The van der Waals surface area contributed by atoms with Gasteiger partial charge in [-0.15, -0.1) is 0 Å².